The van der Waals surface area contributed by atoms with E-state index < -0.39 is 5.97 Å². The van der Waals surface area contributed by atoms with Gasteiger partial charge in [0, 0.05) is 12.4 Å². The molecule has 2 heterocycles. The molecule has 0 aliphatic heterocycles. The van der Waals surface area contributed by atoms with Gasteiger partial charge in [-0.2, -0.15) is 10.4 Å². The molecule has 0 aliphatic rings. The minimum atomic E-state index is -0.497. The number of nitrogens with zero attached hydrogens (tertiary/aromatic N) is 4. The molecule has 6 nitrogen and oxygen atoms in total. The van der Waals surface area contributed by atoms with Crippen LogP contribution in [-0.2, 0) is 4.74 Å². The van der Waals surface area contributed by atoms with Gasteiger partial charge < -0.3 is 4.74 Å². The fraction of sp³-hybridized carbons (Fsp3) is 0.333. The fourth-order valence-electron chi connectivity index (χ4n) is 1.55. The summed E-state index contributed by atoms with van der Waals surface area (Å²) in [6, 6.07) is 3.73. The Labute approximate surface area is 104 Å². The Kier molecular flexibility index (Phi) is 3.24. The lowest BCUT2D eigenvalue weighted by Crippen LogP contribution is -2.12. The van der Waals surface area contributed by atoms with Crippen LogP contribution in [0.15, 0.2) is 18.5 Å². The van der Waals surface area contributed by atoms with E-state index >= 15 is 0 Å². The third kappa shape index (κ3) is 2.15. The maximum absolute atomic E-state index is 11.9. The molecule has 0 aromatic carbocycles. The number of ether oxygens (including phenoxy) is 1. The lowest BCUT2D eigenvalue weighted by Gasteiger charge is -2.04. The van der Waals surface area contributed by atoms with Crippen molar-refractivity contribution in [2.24, 2.45) is 5.92 Å². The van der Waals surface area contributed by atoms with Crippen molar-refractivity contribution in [2.45, 2.75) is 13.8 Å². The van der Waals surface area contributed by atoms with Gasteiger partial charge in [-0.05, 0) is 19.9 Å². The summed E-state index contributed by atoms with van der Waals surface area (Å²) in [7, 11) is 0. The summed E-state index contributed by atoms with van der Waals surface area (Å²) in [5.41, 5.74) is 1.37. The molecule has 0 unspecified atom stereocenters. The van der Waals surface area contributed by atoms with Crippen LogP contribution in [0.1, 0.15) is 23.0 Å². The van der Waals surface area contributed by atoms with E-state index in [9.17, 15) is 4.79 Å². The molecule has 92 valence electrons. The Morgan fingerprint density at radius 1 is 1.67 bits per heavy atom. The van der Waals surface area contributed by atoms with Crippen molar-refractivity contribution in [3.63, 3.8) is 0 Å². The second-order valence-corrected chi connectivity index (χ2v) is 3.98. The first-order valence-electron chi connectivity index (χ1n) is 5.50. The molecular weight excluding hydrogens is 232 g/mol. The zero-order chi connectivity index (χ0) is 13.1. The SMILES string of the molecule is Cc1nn2cccnc2c1C(=O)OC[C@@H](C)C#N. The fourth-order valence-corrected chi connectivity index (χ4v) is 1.55. The summed E-state index contributed by atoms with van der Waals surface area (Å²) < 4.78 is 6.60. The largest absolute Gasteiger partial charge is 0.461 e. The Morgan fingerprint density at radius 3 is 3.17 bits per heavy atom. The summed E-state index contributed by atoms with van der Waals surface area (Å²) in [5.74, 6) is -0.827. The third-order valence-electron chi connectivity index (χ3n) is 2.46. The molecule has 0 fully saturated rings. The van der Waals surface area contributed by atoms with Crippen LogP contribution in [0.25, 0.3) is 5.65 Å². The molecule has 2 aromatic rings. The molecule has 0 saturated carbocycles. The molecule has 0 N–H and O–H groups in total. The van der Waals surface area contributed by atoms with Gasteiger partial charge in [0.2, 0.25) is 0 Å². The molecule has 0 radical (unpaired) electrons. The van der Waals surface area contributed by atoms with Crippen LogP contribution in [0.5, 0.6) is 0 Å². The number of rotatable bonds is 3. The second kappa shape index (κ2) is 4.84. The van der Waals surface area contributed by atoms with E-state index in [4.69, 9.17) is 10.00 Å². The van der Waals surface area contributed by atoms with Gasteiger partial charge in [-0.15, -0.1) is 0 Å². The van der Waals surface area contributed by atoms with Crippen LogP contribution in [0.2, 0.25) is 0 Å². The molecule has 2 aromatic heterocycles. The molecule has 0 saturated heterocycles. The van der Waals surface area contributed by atoms with Gasteiger partial charge in [0.1, 0.15) is 12.2 Å². The molecule has 0 aliphatic carbocycles. The standard InChI is InChI=1S/C12H12N4O2/c1-8(6-13)7-18-12(17)10-9(2)15-16-5-3-4-14-11(10)16/h3-5,8H,7H2,1-2H3/t8-/m0/s1. The number of aryl methyl sites for hydroxylation is 1. The molecule has 18 heavy (non-hydrogen) atoms. The van der Waals surface area contributed by atoms with Crippen molar-refractivity contribution in [1.29, 1.82) is 5.26 Å². The highest BCUT2D eigenvalue weighted by Crippen LogP contribution is 2.14. The zero-order valence-electron chi connectivity index (χ0n) is 10.1. The minimum absolute atomic E-state index is 0.0684. The zero-order valence-corrected chi connectivity index (χ0v) is 10.1. The predicted molar refractivity (Wildman–Crippen MR) is 62.8 cm³/mol. The minimum Gasteiger partial charge on any atom is -0.461 e. The predicted octanol–water partition coefficient (Wildman–Crippen LogP) is 1.35. The topological polar surface area (TPSA) is 80.3 Å². The molecule has 1 atom stereocenters. The quantitative estimate of drug-likeness (QED) is 0.761. The van der Waals surface area contributed by atoms with Gasteiger partial charge in [0.15, 0.2) is 5.65 Å². The smallest absolute Gasteiger partial charge is 0.343 e. The number of esters is 1. The lowest BCUT2D eigenvalue weighted by atomic mass is 10.2. The van der Waals surface area contributed by atoms with E-state index in [1.807, 2.05) is 6.07 Å². The first-order valence-corrected chi connectivity index (χ1v) is 5.50. The second-order valence-electron chi connectivity index (χ2n) is 3.98. The first-order chi connectivity index (χ1) is 8.63. The summed E-state index contributed by atoms with van der Waals surface area (Å²) in [6.45, 7) is 3.48. The van der Waals surface area contributed by atoms with Crippen LogP contribution in [0.4, 0.5) is 0 Å². The van der Waals surface area contributed by atoms with Gasteiger partial charge in [0.25, 0.3) is 0 Å². The van der Waals surface area contributed by atoms with Crippen LogP contribution in [0.3, 0.4) is 0 Å². The molecule has 2 rings (SSSR count). The number of aromatic nitrogens is 3. The number of hydrogen-bond acceptors (Lipinski definition) is 5. The van der Waals surface area contributed by atoms with E-state index in [0.29, 0.717) is 16.9 Å². The van der Waals surface area contributed by atoms with E-state index in [1.165, 1.54) is 4.52 Å². The summed E-state index contributed by atoms with van der Waals surface area (Å²) in [5, 5.41) is 12.8. The van der Waals surface area contributed by atoms with E-state index in [1.54, 1.807) is 32.3 Å². The number of fused-ring (bicyclic) bond motifs is 1. The third-order valence-corrected chi connectivity index (χ3v) is 2.46. The van der Waals surface area contributed by atoms with Gasteiger partial charge >= 0.3 is 5.97 Å². The van der Waals surface area contributed by atoms with Crippen LogP contribution >= 0.6 is 0 Å². The van der Waals surface area contributed by atoms with Gasteiger partial charge in [-0.3, -0.25) is 0 Å². The average molecular weight is 244 g/mol. The average Bonchev–Trinajstić information content (AvgIpc) is 2.71. The van der Waals surface area contributed by atoms with Crippen LogP contribution < -0.4 is 0 Å². The summed E-state index contributed by atoms with van der Waals surface area (Å²) in [4.78, 5) is 16.0. The van der Waals surface area contributed by atoms with E-state index in [0.717, 1.165) is 0 Å². The Hall–Kier alpha value is -2.42. The van der Waals surface area contributed by atoms with Gasteiger partial charge in [-0.25, -0.2) is 14.3 Å². The Balaban J connectivity index is 2.28. The molecular formula is C12H12N4O2. The van der Waals surface area contributed by atoms with Crippen molar-refractivity contribution in [2.75, 3.05) is 6.61 Å². The van der Waals surface area contributed by atoms with Crippen molar-refractivity contribution in [3.05, 3.63) is 29.7 Å². The maximum atomic E-state index is 11.9. The van der Waals surface area contributed by atoms with Gasteiger partial charge in [-0.1, -0.05) is 0 Å². The normalized spacial score (nSPS) is 12.1. The summed E-state index contributed by atoms with van der Waals surface area (Å²) in [6.07, 6.45) is 3.30. The van der Waals surface area contributed by atoms with E-state index in [2.05, 4.69) is 10.1 Å². The highest BCUT2D eigenvalue weighted by atomic mass is 16.5. The maximum Gasteiger partial charge on any atom is 0.343 e. The Morgan fingerprint density at radius 2 is 2.44 bits per heavy atom. The van der Waals surface area contributed by atoms with Crippen molar-refractivity contribution in [3.8, 4) is 6.07 Å². The van der Waals surface area contributed by atoms with Crippen molar-refractivity contribution in [1.82, 2.24) is 14.6 Å². The first kappa shape index (κ1) is 12.0. The highest BCUT2D eigenvalue weighted by Gasteiger charge is 2.19. The Bertz CT molecular complexity index is 627. The lowest BCUT2D eigenvalue weighted by molar-refractivity contribution is 0.0477. The van der Waals surface area contributed by atoms with Crippen LogP contribution in [0, 0.1) is 24.2 Å². The van der Waals surface area contributed by atoms with Gasteiger partial charge in [0.05, 0.1) is 17.7 Å². The molecule has 6 heteroatoms. The molecule has 0 bridgehead atoms. The number of carbonyl (C=O) groups excluding carboxylic acids is 1. The number of hydrogen-bond donors (Lipinski definition) is 0. The molecule has 0 amide bonds. The number of nitriles is 1. The van der Waals surface area contributed by atoms with E-state index in [-0.39, 0.29) is 12.5 Å². The summed E-state index contributed by atoms with van der Waals surface area (Å²) >= 11 is 0. The monoisotopic (exact) mass is 244 g/mol. The van der Waals surface area contributed by atoms with Crippen molar-refractivity contribution >= 4 is 11.6 Å². The highest BCUT2D eigenvalue weighted by molar-refractivity contribution is 5.97. The molecule has 0 spiro atoms. The number of carbonyl (C=O) groups is 1. The van der Waals surface area contributed by atoms with Crippen LogP contribution in [-0.4, -0.2) is 27.2 Å². The van der Waals surface area contributed by atoms with Crippen molar-refractivity contribution < 1.29 is 9.53 Å².